The van der Waals surface area contributed by atoms with Gasteiger partial charge in [-0.05, 0) is 32.1 Å². The Morgan fingerprint density at radius 2 is 1.82 bits per heavy atom. The molecule has 3 unspecified atom stereocenters. The molecule has 3 rings (SSSR count). The minimum Gasteiger partial charge on any atom is -0.377 e. The zero-order valence-corrected chi connectivity index (χ0v) is 10.6. The first kappa shape index (κ1) is 11.7. The molecule has 3 aliphatic heterocycles. The molecule has 3 nitrogen and oxygen atoms in total. The van der Waals surface area contributed by atoms with Gasteiger partial charge in [-0.1, -0.05) is 6.42 Å². The van der Waals surface area contributed by atoms with Crippen LogP contribution >= 0.6 is 0 Å². The summed E-state index contributed by atoms with van der Waals surface area (Å²) in [7, 11) is 0. The van der Waals surface area contributed by atoms with Crippen molar-refractivity contribution in [3.8, 4) is 0 Å². The minimum absolute atomic E-state index is 0.431. The lowest BCUT2D eigenvalue weighted by Crippen LogP contribution is -2.55. The van der Waals surface area contributed by atoms with Gasteiger partial charge in [-0.25, -0.2) is 0 Å². The van der Waals surface area contributed by atoms with Crippen molar-refractivity contribution in [1.29, 1.82) is 0 Å². The molecule has 0 radical (unpaired) electrons. The van der Waals surface area contributed by atoms with E-state index in [1.807, 2.05) is 0 Å². The maximum absolute atomic E-state index is 11.7. The van der Waals surface area contributed by atoms with E-state index in [-0.39, 0.29) is 0 Å². The molecule has 0 saturated carbocycles. The summed E-state index contributed by atoms with van der Waals surface area (Å²) in [5.74, 6) is 0.487. The number of carbonyl (C=O) groups excluding carboxylic acids is 1. The molecule has 0 aromatic rings. The van der Waals surface area contributed by atoms with Gasteiger partial charge in [0.2, 0.25) is 0 Å². The molecule has 3 heterocycles. The number of carbonyl (C=O) groups is 1. The van der Waals surface area contributed by atoms with E-state index < -0.39 is 0 Å². The zero-order chi connectivity index (χ0) is 11.7. The van der Waals surface area contributed by atoms with Crippen LogP contribution in [-0.4, -0.2) is 42.0 Å². The van der Waals surface area contributed by atoms with Crippen molar-refractivity contribution in [2.75, 3.05) is 13.2 Å². The summed E-state index contributed by atoms with van der Waals surface area (Å²) in [6.07, 6.45) is 9.51. The predicted molar refractivity (Wildman–Crippen MR) is 66.0 cm³/mol. The van der Waals surface area contributed by atoms with Crippen LogP contribution in [0, 0.1) is 0 Å². The van der Waals surface area contributed by atoms with Crippen molar-refractivity contribution in [3.63, 3.8) is 0 Å². The summed E-state index contributed by atoms with van der Waals surface area (Å²) in [4.78, 5) is 14.3. The largest absolute Gasteiger partial charge is 0.377 e. The van der Waals surface area contributed by atoms with E-state index in [4.69, 9.17) is 4.74 Å². The minimum atomic E-state index is 0.431. The highest BCUT2D eigenvalue weighted by atomic mass is 16.5. The highest BCUT2D eigenvalue weighted by Crippen LogP contribution is 2.33. The summed E-state index contributed by atoms with van der Waals surface area (Å²) >= 11 is 0. The molecule has 3 atom stereocenters. The second-order valence-corrected chi connectivity index (χ2v) is 5.87. The Hall–Kier alpha value is -0.410. The summed E-state index contributed by atoms with van der Waals surface area (Å²) in [5, 5.41) is 0. The van der Waals surface area contributed by atoms with Gasteiger partial charge in [-0.2, -0.15) is 0 Å². The molecule has 0 spiro atoms. The molecule has 0 aromatic heterocycles. The maximum atomic E-state index is 11.7. The third-order valence-electron chi connectivity index (χ3n) is 4.63. The number of ketones is 1. The van der Waals surface area contributed by atoms with E-state index in [1.54, 1.807) is 0 Å². The second kappa shape index (κ2) is 5.07. The zero-order valence-electron chi connectivity index (χ0n) is 10.6. The molecule has 2 bridgehead atoms. The van der Waals surface area contributed by atoms with E-state index in [1.165, 1.54) is 38.5 Å². The van der Waals surface area contributed by atoms with Crippen LogP contribution in [0.4, 0.5) is 0 Å². The molecule has 0 aliphatic carbocycles. The summed E-state index contributed by atoms with van der Waals surface area (Å²) in [5.41, 5.74) is 0. The first-order valence-corrected chi connectivity index (χ1v) is 7.22. The van der Waals surface area contributed by atoms with Crippen LogP contribution < -0.4 is 0 Å². The SMILES string of the molecule is O=C1CC2CCCC(C1)N2CC1CCCCO1. The van der Waals surface area contributed by atoms with Crippen molar-refractivity contribution in [3.05, 3.63) is 0 Å². The van der Waals surface area contributed by atoms with E-state index in [2.05, 4.69) is 4.90 Å². The predicted octanol–water partition coefficient (Wildman–Crippen LogP) is 2.14. The summed E-state index contributed by atoms with van der Waals surface area (Å²) in [6.45, 7) is 2.01. The summed E-state index contributed by atoms with van der Waals surface area (Å²) in [6, 6.07) is 1.06. The van der Waals surface area contributed by atoms with Gasteiger partial charge < -0.3 is 4.74 Å². The average Bonchev–Trinajstić information content (AvgIpc) is 2.32. The number of ether oxygens (including phenoxy) is 1. The lowest BCUT2D eigenvalue weighted by Gasteiger charge is -2.47. The van der Waals surface area contributed by atoms with Crippen molar-refractivity contribution in [1.82, 2.24) is 4.90 Å². The number of Topliss-reactive ketones (excluding diaryl/α,β-unsaturated/α-hetero) is 1. The Morgan fingerprint density at radius 3 is 2.47 bits per heavy atom. The van der Waals surface area contributed by atoms with E-state index in [9.17, 15) is 4.79 Å². The highest BCUT2D eigenvalue weighted by Gasteiger charge is 2.38. The molecule has 17 heavy (non-hydrogen) atoms. The molecular weight excluding hydrogens is 214 g/mol. The van der Waals surface area contributed by atoms with Crippen molar-refractivity contribution in [2.24, 2.45) is 0 Å². The topological polar surface area (TPSA) is 29.5 Å². The number of fused-ring (bicyclic) bond motifs is 2. The normalized spacial score (nSPS) is 39.3. The van der Waals surface area contributed by atoms with Gasteiger partial charge in [0.05, 0.1) is 6.10 Å². The number of nitrogens with zero attached hydrogens (tertiary/aromatic N) is 1. The average molecular weight is 237 g/mol. The standard InChI is InChI=1S/C14H23NO2/c16-13-8-11-4-3-5-12(9-13)15(11)10-14-6-1-2-7-17-14/h11-12,14H,1-10H2. The number of hydrogen-bond donors (Lipinski definition) is 0. The molecule has 96 valence electrons. The third-order valence-corrected chi connectivity index (χ3v) is 4.63. The van der Waals surface area contributed by atoms with Crippen LogP contribution in [-0.2, 0) is 9.53 Å². The van der Waals surface area contributed by atoms with Gasteiger partial charge in [0.1, 0.15) is 5.78 Å². The summed E-state index contributed by atoms with van der Waals surface area (Å²) < 4.78 is 5.85. The molecule has 3 heteroatoms. The van der Waals surface area contributed by atoms with Crippen LogP contribution in [0.25, 0.3) is 0 Å². The Kier molecular flexibility index (Phi) is 3.48. The van der Waals surface area contributed by atoms with Gasteiger partial charge in [0.15, 0.2) is 0 Å². The first-order chi connectivity index (χ1) is 8.33. The third kappa shape index (κ3) is 2.55. The van der Waals surface area contributed by atoms with Crippen LogP contribution in [0.2, 0.25) is 0 Å². The number of rotatable bonds is 2. The molecule has 0 amide bonds. The van der Waals surface area contributed by atoms with Crippen LogP contribution in [0.15, 0.2) is 0 Å². The van der Waals surface area contributed by atoms with Crippen molar-refractivity contribution >= 4 is 5.78 Å². The number of piperidine rings is 2. The lowest BCUT2D eigenvalue weighted by molar-refractivity contribution is -0.129. The quantitative estimate of drug-likeness (QED) is 0.737. The van der Waals surface area contributed by atoms with E-state index in [0.717, 1.165) is 26.0 Å². The van der Waals surface area contributed by atoms with Gasteiger partial charge >= 0.3 is 0 Å². The maximum Gasteiger partial charge on any atom is 0.136 e. The van der Waals surface area contributed by atoms with Crippen LogP contribution in [0.3, 0.4) is 0 Å². The van der Waals surface area contributed by atoms with Crippen LogP contribution in [0.5, 0.6) is 0 Å². The van der Waals surface area contributed by atoms with Crippen molar-refractivity contribution in [2.45, 2.75) is 69.6 Å². The fraction of sp³-hybridized carbons (Fsp3) is 0.929. The Morgan fingerprint density at radius 1 is 1.06 bits per heavy atom. The second-order valence-electron chi connectivity index (χ2n) is 5.87. The molecule has 0 aromatic carbocycles. The fourth-order valence-electron chi connectivity index (χ4n) is 3.75. The molecular formula is C14H23NO2. The van der Waals surface area contributed by atoms with Crippen molar-refractivity contribution < 1.29 is 9.53 Å². The Balaban J connectivity index is 1.63. The van der Waals surface area contributed by atoms with Gasteiger partial charge in [-0.3, -0.25) is 9.69 Å². The lowest BCUT2D eigenvalue weighted by atomic mass is 9.83. The molecule has 0 N–H and O–H groups in total. The Labute approximate surface area is 104 Å². The molecule has 3 aliphatic rings. The first-order valence-electron chi connectivity index (χ1n) is 7.22. The van der Waals surface area contributed by atoms with E-state index >= 15 is 0 Å². The van der Waals surface area contributed by atoms with E-state index in [0.29, 0.717) is 24.0 Å². The molecule has 3 saturated heterocycles. The monoisotopic (exact) mass is 237 g/mol. The van der Waals surface area contributed by atoms with Gasteiger partial charge in [0.25, 0.3) is 0 Å². The smallest absolute Gasteiger partial charge is 0.136 e. The highest BCUT2D eigenvalue weighted by molar-refractivity contribution is 5.80. The molecule has 3 fully saturated rings. The Bertz CT molecular complexity index is 270. The van der Waals surface area contributed by atoms with Gasteiger partial charge in [-0.15, -0.1) is 0 Å². The number of hydrogen-bond acceptors (Lipinski definition) is 3. The van der Waals surface area contributed by atoms with Crippen LogP contribution in [0.1, 0.15) is 51.4 Å². The fourth-order valence-corrected chi connectivity index (χ4v) is 3.75. The van der Waals surface area contributed by atoms with Gasteiger partial charge in [0, 0.05) is 38.1 Å².